The van der Waals surface area contributed by atoms with E-state index in [2.05, 4.69) is 10.3 Å². The molecule has 0 unspecified atom stereocenters. The second-order valence-electron chi connectivity index (χ2n) is 6.68. The Balaban J connectivity index is 1.46. The first-order valence-electron chi connectivity index (χ1n) is 9.01. The van der Waals surface area contributed by atoms with Gasteiger partial charge in [-0.1, -0.05) is 0 Å². The highest BCUT2D eigenvalue weighted by Gasteiger charge is 2.22. The number of hydrogen-bond acceptors (Lipinski definition) is 4. The smallest absolute Gasteiger partial charge is 0.317 e. The summed E-state index contributed by atoms with van der Waals surface area (Å²) in [5, 5.41) is 2.93. The summed E-state index contributed by atoms with van der Waals surface area (Å²) in [7, 11) is 0. The molecule has 3 amide bonds. The highest BCUT2D eigenvalue weighted by atomic mass is 16.5. The molecule has 1 saturated carbocycles. The Labute approximate surface area is 148 Å². The molecule has 1 aromatic rings. The van der Waals surface area contributed by atoms with Crippen molar-refractivity contribution in [3.05, 3.63) is 23.9 Å². The van der Waals surface area contributed by atoms with Crippen LogP contribution in [0.5, 0.6) is 5.88 Å². The van der Waals surface area contributed by atoms with Gasteiger partial charge in [0.2, 0.25) is 11.8 Å². The number of rotatable bonds is 4. The molecule has 2 aliphatic rings. The summed E-state index contributed by atoms with van der Waals surface area (Å²) in [6, 6.07) is 3.68. The van der Waals surface area contributed by atoms with Gasteiger partial charge < -0.3 is 19.9 Å². The van der Waals surface area contributed by atoms with Crippen molar-refractivity contribution >= 4 is 11.9 Å². The van der Waals surface area contributed by atoms with Gasteiger partial charge >= 0.3 is 6.03 Å². The third-order valence-electron chi connectivity index (χ3n) is 4.84. The van der Waals surface area contributed by atoms with Crippen LogP contribution in [-0.4, -0.2) is 59.0 Å². The second kappa shape index (κ2) is 8.18. The zero-order chi connectivity index (χ0) is 17.6. The van der Waals surface area contributed by atoms with Gasteiger partial charge in [-0.05, 0) is 37.3 Å². The zero-order valence-electron chi connectivity index (χ0n) is 14.7. The Morgan fingerprint density at radius 1 is 1.20 bits per heavy atom. The Bertz CT molecular complexity index is 608. The summed E-state index contributed by atoms with van der Waals surface area (Å²) in [4.78, 5) is 31.4. The standard InChI is InChI=1S/C18H26N4O3/c1-14(23)21-8-10-22(11-9-21)18(24)20-13-15-6-7-19-17(12-15)25-16-4-2-3-5-16/h6-7,12,16H,2-5,8-11,13H2,1H3,(H,20,24). The summed E-state index contributed by atoms with van der Waals surface area (Å²) in [6.07, 6.45) is 6.62. The van der Waals surface area contributed by atoms with Crippen molar-refractivity contribution in [3.8, 4) is 5.88 Å². The van der Waals surface area contributed by atoms with Crippen molar-refractivity contribution in [3.63, 3.8) is 0 Å². The number of amides is 3. The van der Waals surface area contributed by atoms with Crippen LogP contribution in [-0.2, 0) is 11.3 Å². The van der Waals surface area contributed by atoms with Crippen molar-refractivity contribution < 1.29 is 14.3 Å². The SMILES string of the molecule is CC(=O)N1CCN(C(=O)NCc2ccnc(OC3CCCC3)c2)CC1. The quantitative estimate of drug-likeness (QED) is 0.902. The van der Waals surface area contributed by atoms with Crippen LogP contribution in [0.25, 0.3) is 0 Å². The number of pyridine rings is 1. The summed E-state index contributed by atoms with van der Waals surface area (Å²) in [5.74, 6) is 0.695. The van der Waals surface area contributed by atoms with Crippen LogP contribution in [0.15, 0.2) is 18.3 Å². The molecule has 1 aliphatic heterocycles. The number of ether oxygens (including phenoxy) is 1. The Morgan fingerprint density at radius 2 is 1.88 bits per heavy atom. The van der Waals surface area contributed by atoms with Crippen LogP contribution < -0.4 is 10.1 Å². The summed E-state index contributed by atoms with van der Waals surface area (Å²) in [6.45, 7) is 4.32. The molecule has 0 atom stereocenters. The molecule has 1 aromatic heterocycles. The molecule has 1 aliphatic carbocycles. The molecule has 0 radical (unpaired) electrons. The number of piperazine rings is 1. The minimum Gasteiger partial charge on any atom is -0.474 e. The van der Waals surface area contributed by atoms with Crippen LogP contribution >= 0.6 is 0 Å². The topological polar surface area (TPSA) is 74.8 Å². The largest absolute Gasteiger partial charge is 0.474 e. The van der Waals surface area contributed by atoms with E-state index >= 15 is 0 Å². The number of aromatic nitrogens is 1. The van der Waals surface area contributed by atoms with Gasteiger partial charge in [-0.15, -0.1) is 0 Å². The van der Waals surface area contributed by atoms with Crippen LogP contribution in [0.2, 0.25) is 0 Å². The van der Waals surface area contributed by atoms with E-state index in [0.717, 1.165) is 18.4 Å². The normalized spacial score (nSPS) is 18.3. The van der Waals surface area contributed by atoms with E-state index < -0.39 is 0 Å². The van der Waals surface area contributed by atoms with E-state index in [-0.39, 0.29) is 18.0 Å². The number of nitrogens with zero attached hydrogens (tertiary/aromatic N) is 3. The zero-order valence-corrected chi connectivity index (χ0v) is 14.7. The molecule has 7 heteroatoms. The van der Waals surface area contributed by atoms with E-state index in [1.165, 1.54) is 12.8 Å². The van der Waals surface area contributed by atoms with Crippen molar-refractivity contribution in [2.75, 3.05) is 26.2 Å². The van der Waals surface area contributed by atoms with Gasteiger partial charge in [-0.25, -0.2) is 9.78 Å². The molecular formula is C18H26N4O3. The van der Waals surface area contributed by atoms with E-state index in [9.17, 15) is 9.59 Å². The first-order chi connectivity index (χ1) is 12.1. The Morgan fingerprint density at radius 3 is 2.56 bits per heavy atom. The highest BCUT2D eigenvalue weighted by Crippen LogP contribution is 2.23. The van der Waals surface area contributed by atoms with Crippen molar-refractivity contribution in [1.82, 2.24) is 20.1 Å². The molecule has 7 nitrogen and oxygen atoms in total. The van der Waals surface area contributed by atoms with Crippen molar-refractivity contribution in [1.29, 1.82) is 0 Å². The lowest BCUT2D eigenvalue weighted by atomic mass is 10.2. The maximum Gasteiger partial charge on any atom is 0.317 e. The second-order valence-corrected chi connectivity index (χ2v) is 6.68. The molecule has 0 bridgehead atoms. The van der Waals surface area contributed by atoms with E-state index in [1.54, 1.807) is 22.9 Å². The third kappa shape index (κ3) is 4.84. The van der Waals surface area contributed by atoms with E-state index in [0.29, 0.717) is 38.6 Å². The fourth-order valence-electron chi connectivity index (χ4n) is 3.32. The van der Waals surface area contributed by atoms with Crippen LogP contribution in [0.4, 0.5) is 4.79 Å². The van der Waals surface area contributed by atoms with Crippen molar-refractivity contribution in [2.45, 2.75) is 45.3 Å². The predicted octanol–water partition coefficient (Wildman–Crippen LogP) is 1.78. The average molecular weight is 346 g/mol. The molecule has 1 N–H and O–H groups in total. The van der Waals surface area contributed by atoms with Crippen LogP contribution in [0, 0.1) is 0 Å². The summed E-state index contributed by atoms with van der Waals surface area (Å²) < 4.78 is 5.90. The van der Waals surface area contributed by atoms with Gasteiger partial charge in [0.25, 0.3) is 0 Å². The maximum absolute atomic E-state index is 12.3. The molecule has 3 rings (SSSR count). The van der Waals surface area contributed by atoms with E-state index in [4.69, 9.17) is 4.74 Å². The first kappa shape index (κ1) is 17.5. The van der Waals surface area contributed by atoms with Gasteiger partial charge in [-0.3, -0.25) is 4.79 Å². The fraction of sp³-hybridized carbons (Fsp3) is 0.611. The minimum atomic E-state index is -0.0988. The molecule has 2 fully saturated rings. The monoisotopic (exact) mass is 346 g/mol. The summed E-state index contributed by atoms with van der Waals surface area (Å²) >= 11 is 0. The molecular weight excluding hydrogens is 320 g/mol. The number of carbonyl (C=O) groups excluding carboxylic acids is 2. The molecule has 0 aromatic carbocycles. The van der Waals surface area contributed by atoms with Gasteiger partial charge in [0, 0.05) is 51.9 Å². The third-order valence-corrected chi connectivity index (χ3v) is 4.84. The molecule has 136 valence electrons. The highest BCUT2D eigenvalue weighted by molar-refractivity contribution is 5.76. The van der Waals surface area contributed by atoms with E-state index in [1.807, 2.05) is 12.1 Å². The molecule has 25 heavy (non-hydrogen) atoms. The minimum absolute atomic E-state index is 0.0617. The molecule has 1 saturated heterocycles. The fourth-order valence-corrected chi connectivity index (χ4v) is 3.32. The Hall–Kier alpha value is -2.31. The van der Waals surface area contributed by atoms with Crippen LogP contribution in [0.3, 0.4) is 0 Å². The lowest BCUT2D eigenvalue weighted by molar-refractivity contribution is -0.130. The average Bonchev–Trinajstić information content (AvgIpc) is 3.13. The number of carbonyl (C=O) groups is 2. The Kier molecular flexibility index (Phi) is 5.73. The van der Waals surface area contributed by atoms with Gasteiger partial charge in [0.15, 0.2) is 0 Å². The first-order valence-corrected chi connectivity index (χ1v) is 9.01. The summed E-state index contributed by atoms with van der Waals surface area (Å²) in [5.41, 5.74) is 0.971. The van der Waals surface area contributed by atoms with Gasteiger partial charge in [-0.2, -0.15) is 0 Å². The van der Waals surface area contributed by atoms with Gasteiger partial charge in [0.1, 0.15) is 6.10 Å². The number of nitrogens with one attached hydrogen (secondary N) is 1. The van der Waals surface area contributed by atoms with Crippen LogP contribution in [0.1, 0.15) is 38.2 Å². The number of urea groups is 1. The maximum atomic E-state index is 12.3. The van der Waals surface area contributed by atoms with Gasteiger partial charge in [0.05, 0.1) is 0 Å². The molecule has 0 spiro atoms. The van der Waals surface area contributed by atoms with Crippen molar-refractivity contribution in [2.24, 2.45) is 0 Å². The number of hydrogen-bond donors (Lipinski definition) is 1. The lowest BCUT2D eigenvalue weighted by Crippen LogP contribution is -2.52. The molecule has 2 heterocycles. The predicted molar refractivity (Wildman–Crippen MR) is 93.2 cm³/mol. The lowest BCUT2D eigenvalue weighted by Gasteiger charge is -2.34.